The third kappa shape index (κ3) is 3.69. The minimum Gasteiger partial charge on any atom is -0.481 e. The molecule has 146 valence electrons. The van der Waals surface area contributed by atoms with Crippen molar-refractivity contribution in [1.29, 1.82) is 0 Å². The largest absolute Gasteiger partial charge is 0.481 e. The van der Waals surface area contributed by atoms with E-state index in [0.29, 0.717) is 18.5 Å². The molecule has 0 aromatic carbocycles. The fourth-order valence-corrected chi connectivity index (χ4v) is 4.16. The summed E-state index contributed by atoms with van der Waals surface area (Å²) in [7, 11) is 1.64. The average Bonchev–Trinajstić information content (AvgIpc) is 3.24. The third-order valence-corrected chi connectivity index (χ3v) is 5.52. The van der Waals surface area contributed by atoms with Crippen LogP contribution in [0.5, 0.6) is 5.88 Å². The van der Waals surface area contributed by atoms with E-state index in [4.69, 9.17) is 4.74 Å². The van der Waals surface area contributed by atoms with E-state index >= 15 is 0 Å². The van der Waals surface area contributed by atoms with Gasteiger partial charge in [0.1, 0.15) is 5.82 Å². The van der Waals surface area contributed by atoms with Gasteiger partial charge in [0.05, 0.1) is 31.5 Å². The first-order valence-electron chi connectivity index (χ1n) is 9.63. The number of hydrogen-bond donors (Lipinski definition) is 1. The Hall–Kier alpha value is -2.03. The van der Waals surface area contributed by atoms with Gasteiger partial charge >= 0.3 is 0 Å². The number of likely N-dealkylation sites (tertiary alicyclic amines) is 1. The van der Waals surface area contributed by atoms with Gasteiger partial charge in [-0.05, 0) is 26.3 Å². The standard InChI is InChI=1S/C19H28N6O2/c1-13(2)25-11-15(26)9-16(25)19-22-21-17-12-23(7-8-24(17)19)10-14-5-4-6-18(20-14)27-3/h4-6,13,15-16,26H,7-12H2,1-3H3/t15-,16-/m0/s1. The van der Waals surface area contributed by atoms with Crippen LogP contribution in [-0.4, -0.2) is 67.0 Å². The van der Waals surface area contributed by atoms with Gasteiger partial charge in [0.2, 0.25) is 5.88 Å². The van der Waals surface area contributed by atoms with Gasteiger partial charge in [0.25, 0.3) is 0 Å². The van der Waals surface area contributed by atoms with E-state index in [1.54, 1.807) is 7.11 Å². The predicted molar refractivity (Wildman–Crippen MR) is 100 cm³/mol. The van der Waals surface area contributed by atoms with E-state index in [1.165, 1.54) is 0 Å². The minimum atomic E-state index is -0.287. The van der Waals surface area contributed by atoms with Crippen LogP contribution in [0.2, 0.25) is 0 Å². The maximum atomic E-state index is 10.1. The highest BCUT2D eigenvalue weighted by Crippen LogP contribution is 2.33. The SMILES string of the molecule is COc1cccc(CN2CCn3c(nnc3[C@@H]3C[C@H](O)CN3C(C)C)C2)n1. The number of hydrogen-bond acceptors (Lipinski definition) is 7. The molecule has 0 unspecified atom stereocenters. The van der Waals surface area contributed by atoms with Gasteiger partial charge in [0, 0.05) is 38.3 Å². The van der Waals surface area contributed by atoms with Crippen molar-refractivity contribution in [2.24, 2.45) is 0 Å². The fraction of sp³-hybridized carbons (Fsp3) is 0.632. The number of nitrogens with zero attached hydrogens (tertiary/aromatic N) is 6. The first-order valence-corrected chi connectivity index (χ1v) is 9.63. The van der Waals surface area contributed by atoms with Gasteiger partial charge in [-0.25, -0.2) is 4.98 Å². The van der Waals surface area contributed by atoms with Gasteiger partial charge in [-0.1, -0.05) is 6.07 Å². The van der Waals surface area contributed by atoms with E-state index < -0.39 is 0 Å². The van der Waals surface area contributed by atoms with Gasteiger partial charge < -0.3 is 14.4 Å². The summed E-state index contributed by atoms with van der Waals surface area (Å²) >= 11 is 0. The first-order chi connectivity index (χ1) is 13.0. The maximum absolute atomic E-state index is 10.1. The molecule has 8 heteroatoms. The number of fused-ring (bicyclic) bond motifs is 1. The highest BCUT2D eigenvalue weighted by atomic mass is 16.5. The number of methoxy groups -OCH3 is 1. The molecule has 1 fully saturated rings. The topological polar surface area (TPSA) is 79.5 Å². The molecule has 1 N–H and O–H groups in total. The van der Waals surface area contributed by atoms with Crippen LogP contribution in [0.25, 0.3) is 0 Å². The van der Waals surface area contributed by atoms with E-state index in [-0.39, 0.29) is 12.1 Å². The zero-order chi connectivity index (χ0) is 19.0. The van der Waals surface area contributed by atoms with Crippen molar-refractivity contribution in [2.45, 2.75) is 58.1 Å². The van der Waals surface area contributed by atoms with Crippen LogP contribution in [0.3, 0.4) is 0 Å². The van der Waals surface area contributed by atoms with E-state index in [0.717, 1.165) is 49.9 Å². The monoisotopic (exact) mass is 372 g/mol. The van der Waals surface area contributed by atoms with E-state index in [9.17, 15) is 5.11 Å². The van der Waals surface area contributed by atoms with Crippen molar-refractivity contribution in [3.63, 3.8) is 0 Å². The Balaban J connectivity index is 1.49. The molecular formula is C19H28N6O2. The number of pyridine rings is 1. The van der Waals surface area contributed by atoms with Crippen molar-refractivity contribution in [3.05, 3.63) is 35.5 Å². The number of ether oxygens (including phenoxy) is 1. The molecule has 2 aliphatic rings. The van der Waals surface area contributed by atoms with Crippen molar-refractivity contribution in [1.82, 2.24) is 29.5 Å². The molecule has 4 heterocycles. The maximum Gasteiger partial charge on any atom is 0.213 e. The fourth-order valence-electron chi connectivity index (χ4n) is 4.16. The number of rotatable bonds is 5. The molecule has 0 radical (unpaired) electrons. The Bertz CT molecular complexity index is 792. The van der Waals surface area contributed by atoms with E-state index in [1.807, 2.05) is 18.2 Å². The van der Waals surface area contributed by atoms with Gasteiger partial charge in [-0.2, -0.15) is 0 Å². The average molecular weight is 372 g/mol. The lowest BCUT2D eigenvalue weighted by Crippen LogP contribution is -2.36. The van der Waals surface area contributed by atoms with Crippen molar-refractivity contribution in [3.8, 4) is 5.88 Å². The van der Waals surface area contributed by atoms with Crippen LogP contribution in [0.1, 0.15) is 43.7 Å². The van der Waals surface area contributed by atoms with Crippen LogP contribution < -0.4 is 4.74 Å². The second-order valence-electron chi connectivity index (χ2n) is 7.70. The van der Waals surface area contributed by atoms with Gasteiger partial charge in [0.15, 0.2) is 5.82 Å². The smallest absolute Gasteiger partial charge is 0.213 e. The first kappa shape index (κ1) is 18.3. The molecule has 2 aromatic rings. The summed E-state index contributed by atoms with van der Waals surface area (Å²) in [5.74, 6) is 2.63. The molecule has 0 spiro atoms. The third-order valence-electron chi connectivity index (χ3n) is 5.52. The molecule has 2 aromatic heterocycles. The molecule has 2 atom stereocenters. The molecular weight excluding hydrogens is 344 g/mol. The van der Waals surface area contributed by atoms with Crippen molar-refractivity contribution in [2.75, 3.05) is 20.2 Å². The molecule has 1 saturated heterocycles. The zero-order valence-electron chi connectivity index (χ0n) is 16.2. The highest BCUT2D eigenvalue weighted by molar-refractivity contribution is 5.16. The van der Waals surface area contributed by atoms with Crippen molar-refractivity contribution < 1.29 is 9.84 Å². The van der Waals surface area contributed by atoms with Gasteiger partial charge in [-0.15, -0.1) is 10.2 Å². The summed E-state index contributed by atoms with van der Waals surface area (Å²) in [6, 6.07) is 6.37. The summed E-state index contributed by atoms with van der Waals surface area (Å²) in [5, 5.41) is 19.1. The van der Waals surface area contributed by atoms with Crippen LogP contribution in [0.15, 0.2) is 18.2 Å². The minimum absolute atomic E-state index is 0.146. The van der Waals surface area contributed by atoms with Crippen LogP contribution in [-0.2, 0) is 19.6 Å². The Kier molecular flexibility index (Phi) is 5.12. The van der Waals surface area contributed by atoms with Gasteiger partial charge in [-0.3, -0.25) is 9.80 Å². The lowest BCUT2D eigenvalue weighted by molar-refractivity contribution is 0.155. The molecule has 4 rings (SSSR count). The number of aromatic nitrogens is 4. The predicted octanol–water partition coefficient (Wildman–Crippen LogP) is 1.21. The Labute approximate surface area is 159 Å². The molecule has 0 bridgehead atoms. The Morgan fingerprint density at radius 1 is 1.26 bits per heavy atom. The normalized spacial score (nSPS) is 23.7. The molecule has 2 aliphatic heterocycles. The summed E-state index contributed by atoms with van der Waals surface area (Å²) in [4.78, 5) is 9.17. The summed E-state index contributed by atoms with van der Waals surface area (Å²) in [6.07, 6.45) is 0.442. The second-order valence-corrected chi connectivity index (χ2v) is 7.70. The van der Waals surface area contributed by atoms with Crippen LogP contribution in [0, 0.1) is 0 Å². The molecule has 0 aliphatic carbocycles. The zero-order valence-corrected chi connectivity index (χ0v) is 16.2. The Morgan fingerprint density at radius 2 is 2.11 bits per heavy atom. The lowest BCUT2D eigenvalue weighted by Gasteiger charge is -2.31. The summed E-state index contributed by atoms with van der Waals surface area (Å²) < 4.78 is 7.46. The number of β-amino-alcohol motifs (C(OH)–C–C–N with tert-alkyl or cyclic N) is 1. The number of aliphatic hydroxyl groups is 1. The molecule has 0 saturated carbocycles. The van der Waals surface area contributed by atoms with Crippen LogP contribution >= 0.6 is 0 Å². The van der Waals surface area contributed by atoms with Crippen LogP contribution in [0.4, 0.5) is 0 Å². The summed E-state index contributed by atoms with van der Waals surface area (Å²) in [5.41, 5.74) is 0.993. The molecule has 8 nitrogen and oxygen atoms in total. The summed E-state index contributed by atoms with van der Waals surface area (Å²) in [6.45, 7) is 8.34. The Morgan fingerprint density at radius 3 is 2.89 bits per heavy atom. The molecule has 27 heavy (non-hydrogen) atoms. The van der Waals surface area contributed by atoms with Crippen molar-refractivity contribution >= 4 is 0 Å². The van der Waals surface area contributed by atoms with E-state index in [2.05, 4.69) is 43.4 Å². The number of aliphatic hydroxyl groups excluding tert-OH is 1. The second kappa shape index (κ2) is 7.53. The molecule has 0 amide bonds. The lowest BCUT2D eigenvalue weighted by atomic mass is 10.1. The highest BCUT2D eigenvalue weighted by Gasteiger charge is 2.37. The quantitative estimate of drug-likeness (QED) is 0.845.